The summed E-state index contributed by atoms with van der Waals surface area (Å²) < 4.78 is 26.4. The summed E-state index contributed by atoms with van der Waals surface area (Å²) >= 11 is 0. The lowest BCUT2D eigenvalue weighted by Gasteiger charge is -2.33. The Hall–Kier alpha value is -3.73. The third-order valence-corrected chi connectivity index (χ3v) is 5.01. The Bertz CT molecular complexity index is 1010. The summed E-state index contributed by atoms with van der Waals surface area (Å²) in [6, 6.07) is 7.46. The highest BCUT2D eigenvalue weighted by molar-refractivity contribution is 5.95. The molecule has 0 aliphatic carbocycles. The topological polar surface area (TPSA) is 126 Å². The molecule has 0 N–H and O–H groups in total. The molecule has 182 valence electrons. The molecule has 1 aromatic carbocycles. The Morgan fingerprint density at radius 2 is 1.88 bits per heavy atom. The molecule has 1 fully saturated rings. The number of methoxy groups -OCH3 is 2. The van der Waals surface area contributed by atoms with Gasteiger partial charge in [0.25, 0.3) is 5.88 Å². The molecule has 1 unspecified atom stereocenters. The quantitative estimate of drug-likeness (QED) is 0.417. The van der Waals surface area contributed by atoms with Crippen LogP contribution in [0.4, 0.5) is 4.79 Å². The van der Waals surface area contributed by atoms with Crippen molar-refractivity contribution in [2.75, 3.05) is 40.6 Å². The van der Waals surface area contributed by atoms with E-state index in [1.54, 1.807) is 30.3 Å². The first kappa shape index (κ1) is 24.9. The predicted octanol–water partition coefficient (Wildman–Crippen LogP) is 2.80. The number of aromatic nitrogens is 2. The van der Waals surface area contributed by atoms with Gasteiger partial charge in [-0.25, -0.2) is 19.4 Å². The second-order valence-electron chi connectivity index (χ2n) is 7.27. The number of esters is 2. The third kappa shape index (κ3) is 5.79. The SMILES string of the molecule is CCCCOC(=O)N1CCOCC1c1nc(OC)c(OC(=O)c2ccccc2)c(C(=O)OC)n1. The summed E-state index contributed by atoms with van der Waals surface area (Å²) in [5.41, 5.74) is -0.0652. The van der Waals surface area contributed by atoms with Crippen LogP contribution in [0.1, 0.15) is 52.5 Å². The number of rotatable bonds is 8. The monoisotopic (exact) mass is 473 g/mol. The van der Waals surface area contributed by atoms with E-state index in [1.807, 2.05) is 6.92 Å². The number of benzene rings is 1. The number of amides is 1. The summed E-state index contributed by atoms with van der Waals surface area (Å²) in [7, 11) is 2.47. The molecule has 1 atom stereocenters. The number of hydrogen-bond donors (Lipinski definition) is 0. The van der Waals surface area contributed by atoms with Crippen molar-refractivity contribution < 1.29 is 38.1 Å². The fraction of sp³-hybridized carbons (Fsp3) is 0.435. The molecule has 34 heavy (non-hydrogen) atoms. The Kier molecular flexibility index (Phi) is 8.74. The number of carbonyl (C=O) groups excluding carboxylic acids is 3. The fourth-order valence-electron chi connectivity index (χ4n) is 3.21. The molecule has 3 rings (SSSR count). The van der Waals surface area contributed by atoms with Crippen LogP contribution in [-0.4, -0.2) is 73.5 Å². The molecule has 0 spiro atoms. The number of unbranched alkanes of at least 4 members (excludes halogenated alkanes) is 1. The van der Waals surface area contributed by atoms with Crippen LogP contribution < -0.4 is 9.47 Å². The molecular weight excluding hydrogens is 446 g/mol. The second kappa shape index (κ2) is 11.9. The Balaban J connectivity index is 1.97. The zero-order valence-electron chi connectivity index (χ0n) is 19.3. The van der Waals surface area contributed by atoms with Gasteiger partial charge >= 0.3 is 18.0 Å². The lowest BCUT2D eigenvalue weighted by Crippen LogP contribution is -2.44. The van der Waals surface area contributed by atoms with E-state index in [1.165, 1.54) is 19.1 Å². The Morgan fingerprint density at radius 1 is 1.12 bits per heavy atom. The second-order valence-corrected chi connectivity index (χ2v) is 7.27. The van der Waals surface area contributed by atoms with E-state index in [4.69, 9.17) is 23.7 Å². The third-order valence-electron chi connectivity index (χ3n) is 5.01. The van der Waals surface area contributed by atoms with Crippen LogP contribution in [0.5, 0.6) is 11.6 Å². The minimum Gasteiger partial charge on any atom is -0.478 e. The molecule has 1 aliphatic heterocycles. The van der Waals surface area contributed by atoms with Crippen LogP contribution in [0, 0.1) is 0 Å². The van der Waals surface area contributed by atoms with Crippen molar-refractivity contribution in [1.29, 1.82) is 0 Å². The highest BCUT2D eigenvalue weighted by Gasteiger charge is 2.35. The number of hydrogen-bond acceptors (Lipinski definition) is 10. The highest BCUT2D eigenvalue weighted by atomic mass is 16.6. The first-order valence-electron chi connectivity index (χ1n) is 10.8. The van der Waals surface area contributed by atoms with Crippen molar-refractivity contribution in [2.45, 2.75) is 25.8 Å². The van der Waals surface area contributed by atoms with E-state index in [0.717, 1.165) is 12.8 Å². The minimum absolute atomic E-state index is 0.0592. The maximum absolute atomic E-state index is 12.7. The molecule has 1 aromatic heterocycles. The molecule has 2 aromatic rings. The maximum Gasteiger partial charge on any atom is 0.410 e. The van der Waals surface area contributed by atoms with E-state index in [-0.39, 0.29) is 48.5 Å². The van der Waals surface area contributed by atoms with Crippen LogP contribution in [0.25, 0.3) is 0 Å². The largest absolute Gasteiger partial charge is 0.478 e. The first-order valence-corrected chi connectivity index (χ1v) is 10.8. The standard InChI is InChI=1S/C23H27N3O8/c1-4-5-12-33-23(29)26-11-13-32-14-16(26)19-24-17(22(28)31-3)18(20(25-19)30-2)34-21(27)15-9-7-6-8-10-15/h6-10,16H,4-5,11-14H2,1-3H3. The molecule has 1 amide bonds. The summed E-state index contributed by atoms with van der Waals surface area (Å²) in [5.74, 6) is -2.00. The Morgan fingerprint density at radius 3 is 2.56 bits per heavy atom. The Labute approximate surface area is 196 Å². The number of nitrogens with zero attached hydrogens (tertiary/aromatic N) is 3. The molecule has 2 heterocycles. The maximum atomic E-state index is 12.7. The van der Waals surface area contributed by atoms with Gasteiger partial charge in [0, 0.05) is 6.54 Å². The van der Waals surface area contributed by atoms with E-state index >= 15 is 0 Å². The van der Waals surface area contributed by atoms with Crippen LogP contribution in [0.3, 0.4) is 0 Å². The van der Waals surface area contributed by atoms with Crippen molar-refractivity contribution in [3.63, 3.8) is 0 Å². The van der Waals surface area contributed by atoms with Crippen molar-refractivity contribution >= 4 is 18.0 Å². The summed E-state index contributed by atoms with van der Waals surface area (Å²) in [5, 5.41) is 0. The zero-order chi connectivity index (χ0) is 24.5. The van der Waals surface area contributed by atoms with E-state index in [9.17, 15) is 14.4 Å². The van der Waals surface area contributed by atoms with Gasteiger partial charge in [0.05, 0.1) is 39.6 Å². The molecule has 11 heteroatoms. The van der Waals surface area contributed by atoms with Gasteiger partial charge in [-0.1, -0.05) is 31.5 Å². The molecular formula is C23H27N3O8. The van der Waals surface area contributed by atoms with Gasteiger partial charge in [-0.2, -0.15) is 4.98 Å². The van der Waals surface area contributed by atoms with Crippen LogP contribution in [0.15, 0.2) is 30.3 Å². The molecule has 0 bridgehead atoms. The molecule has 0 saturated carbocycles. The van der Waals surface area contributed by atoms with E-state index in [2.05, 4.69) is 9.97 Å². The average molecular weight is 473 g/mol. The van der Waals surface area contributed by atoms with Crippen molar-refractivity contribution in [3.8, 4) is 11.6 Å². The van der Waals surface area contributed by atoms with Gasteiger partial charge in [0.1, 0.15) is 6.04 Å². The van der Waals surface area contributed by atoms with Gasteiger partial charge in [-0.15, -0.1) is 0 Å². The summed E-state index contributed by atoms with van der Waals surface area (Å²) in [4.78, 5) is 47.9. The predicted molar refractivity (Wildman–Crippen MR) is 118 cm³/mol. The van der Waals surface area contributed by atoms with Gasteiger partial charge in [-0.3, -0.25) is 4.90 Å². The molecule has 1 aliphatic rings. The van der Waals surface area contributed by atoms with E-state index in [0.29, 0.717) is 6.61 Å². The molecule has 0 radical (unpaired) electrons. The van der Waals surface area contributed by atoms with Crippen molar-refractivity contribution in [1.82, 2.24) is 14.9 Å². The van der Waals surface area contributed by atoms with Gasteiger partial charge < -0.3 is 23.7 Å². The fourth-order valence-corrected chi connectivity index (χ4v) is 3.21. The normalized spacial score (nSPS) is 15.4. The van der Waals surface area contributed by atoms with Gasteiger partial charge in [0.2, 0.25) is 5.75 Å². The van der Waals surface area contributed by atoms with Crippen LogP contribution in [0.2, 0.25) is 0 Å². The number of morpholine rings is 1. The summed E-state index contributed by atoms with van der Waals surface area (Å²) in [6.45, 7) is 2.92. The highest BCUT2D eigenvalue weighted by Crippen LogP contribution is 2.33. The molecule has 11 nitrogen and oxygen atoms in total. The van der Waals surface area contributed by atoms with Crippen LogP contribution >= 0.6 is 0 Å². The zero-order valence-corrected chi connectivity index (χ0v) is 19.3. The number of carbonyl (C=O) groups is 3. The number of ether oxygens (including phenoxy) is 5. The van der Waals surface area contributed by atoms with Crippen LogP contribution in [-0.2, 0) is 14.2 Å². The van der Waals surface area contributed by atoms with Gasteiger partial charge in [-0.05, 0) is 18.6 Å². The smallest absolute Gasteiger partial charge is 0.410 e. The van der Waals surface area contributed by atoms with Crippen molar-refractivity contribution in [3.05, 3.63) is 47.4 Å². The van der Waals surface area contributed by atoms with Gasteiger partial charge in [0.15, 0.2) is 11.5 Å². The average Bonchev–Trinajstić information content (AvgIpc) is 2.88. The van der Waals surface area contributed by atoms with E-state index < -0.39 is 24.1 Å². The van der Waals surface area contributed by atoms with Crippen molar-refractivity contribution in [2.24, 2.45) is 0 Å². The lowest BCUT2D eigenvalue weighted by molar-refractivity contribution is -0.0130. The summed E-state index contributed by atoms with van der Waals surface area (Å²) in [6.07, 6.45) is 1.08. The minimum atomic E-state index is -0.869. The molecule has 1 saturated heterocycles. The first-order chi connectivity index (χ1) is 16.5. The lowest BCUT2D eigenvalue weighted by atomic mass is 10.2.